The van der Waals surface area contributed by atoms with E-state index in [1.807, 2.05) is 0 Å². The van der Waals surface area contributed by atoms with Crippen molar-refractivity contribution in [3.63, 3.8) is 0 Å². The second-order valence-corrected chi connectivity index (χ2v) is 5.52. The largest absolute Gasteiger partial charge is 0.508 e. The fraction of sp³-hybridized carbons (Fsp3) is 0.235. The van der Waals surface area contributed by atoms with E-state index in [-0.39, 0.29) is 30.8 Å². The average Bonchev–Trinajstić information content (AvgIpc) is 2.92. The molecule has 6 heteroatoms. The molecule has 3 rings (SSSR count). The Morgan fingerprint density at radius 2 is 1.96 bits per heavy atom. The molecule has 2 heterocycles. The number of nitrogens with zero attached hydrogens (tertiary/aromatic N) is 1. The first kappa shape index (κ1) is 15.0. The number of rotatable bonds is 5. The third kappa shape index (κ3) is 2.88. The molecule has 0 bridgehead atoms. The number of hydrogen-bond acceptors (Lipinski definition) is 5. The van der Waals surface area contributed by atoms with Crippen molar-refractivity contribution in [2.75, 3.05) is 0 Å². The predicted molar refractivity (Wildman–Crippen MR) is 80.6 cm³/mol. The molecule has 1 aliphatic heterocycles. The molecule has 0 saturated carbocycles. The number of ether oxygens (including phenoxy) is 1. The summed E-state index contributed by atoms with van der Waals surface area (Å²) in [6.07, 6.45) is 3.16. The summed E-state index contributed by atoms with van der Waals surface area (Å²) < 4.78 is 5.85. The molecule has 0 aliphatic carbocycles. The number of ketones is 1. The van der Waals surface area contributed by atoms with Crippen LogP contribution in [0.4, 0.5) is 0 Å². The van der Waals surface area contributed by atoms with Gasteiger partial charge in [-0.2, -0.15) is 0 Å². The zero-order valence-corrected chi connectivity index (χ0v) is 12.2. The number of Topliss-reactive ketones (excluding diaryl/α,β-unsaturated/α-hetero) is 1. The van der Waals surface area contributed by atoms with Crippen molar-refractivity contribution in [1.82, 2.24) is 4.98 Å². The summed E-state index contributed by atoms with van der Waals surface area (Å²) in [4.78, 5) is 27.8. The number of aliphatic carboxylic acids is 1. The summed E-state index contributed by atoms with van der Waals surface area (Å²) >= 11 is 0. The van der Waals surface area contributed by atoms with Crippen LogP contribution in [0.15, 0.2) is 42.7 Å². The van der Waals surface area contributed by atoms with Gasteiger partial charge in [-0.15, -0.1) is 0 Å². The Kier molecular flexibility index (Phi) is 3.73. The van der Waals surface area contributed by atoms with Crippen LogP contribution in [-0.2, 0) is 11.2 Å². The van der Waals surface area contributed by atoms with Gasteiger partial charge in [0.15, 0.2) is 5.60 Å². The lowest BCUT2D eigenvalue weighted by molar-refractivity contribution is -0.137. The molecule has 118 valence electrons. The predicted octanol–water partition coefficient (Wildman–Crippen LogP) is 2.21. The summed E-state index contributed by atoms with van der Waals surface area (Å²) in [7, 11) is 0. The van der Waals surface area contributed by atoms with Gasteiger partial charge in [0.05, 0.1) is 0 Å². The van der Waals surface area contributed by atoms with E-state index in [1.165, 1.54) is 24.5 Å². The highest BCUT2D eigenvalue weighted by Crippen LogP contribution is 2.41. The zero-order valence-electron chi connectivity index (χ0n) is 12.2. The second-order valence-electron chi connectivity index (χ2n) is 5.52. The maximum absolute atomic E-state index is 12.9. The Bertz CT molecular complexity index is 759. The number of carbonyl (C=O) groups is 2. The molecule has 2 N–H and O–H groups in total. The molecule has 0 spiro atoms. The number of carboxylic acids is 1. The standard InChI is InChI=1S/C17H15NO5/c19-13-2-1-12-10-17(6-3-15(20)21,23-14(12)9-13)16(22)11-4-7-18-8-5-11/h1-2,4-5,7-9,19H,3,6,10H2,(H,20,21). The number of pyridine rings is 1. The van der Waals surface area contributed by atoms with Crippen LogP contribution in [0.5, 0.6) is 11.5 Å². The fourth-order valence-electron chi connectivity index (χ4n) is 2.79. The molecule has 2 aromatic rings. The smallest absolute Gasteiger partial charge is 0.303 e. The van der Waals surface area contributed by atoms with Crippen LogP contribution in [0, 0.1) is 0 Å². The number of hydrogen-bond donors (Lipinski definition) is 2. The highest BCUT2D eigenvalue weighted by Gasteiger charge is 2.46. The van der Waals surface area contributed by atoms with E-state index < -0.39 is 11.6 Å². The lowest BCUT2D eigenvalue weighted by Crippen LogP contribution is -2.44. The van der Waals surface area contributed by atoms with Crippen molar-refractivity contribution in [2.45, 2.75) is 24.9 Å². The van der Waals surface area contributed by atoms with Gasteiger partial charge in [0.1, 0.15) is 11.5 Å². The van der Waals surface area contributed by atoms with Crippen LogP contribution < -0.4 is 4.74 Å². The number of carboxylic acid groups (broad SMARTS) is 1. The van der Waals surface area contributed by atoms with Crippen molar-refractivity contribution in [1.29, 1.82) is 0 Å². The van der Waals surface area contributed by atoms with Gasteiger partial charge in [0.2, 0.25) is 5.78 Å². The molecule has 0 amide bonds. The quantitative estimate of drug-likeness (QED) is 0.821. The third-order valence-corrected chi connectivity index (χ3v) is 3.93. The van der Waals surface area contributed by atoms with E-state index in [1.54, 1.807) is 18.2 Å². The minimum Gasteiger partial charge on any atom is -0.508 e. The minimum absolute atomic E-state index is 0.0362. The van der Waals surface area contributed by atoms with Crippen molar-refractivity contribution in [3.05, 3.63) is 53.9 Å². The second kappa shape index (κ2) is 5.72. The van der Waals surface area contributed by atoms with Gasteiger partial charge in [-0.1, -0.05) is 6.07 Å². The first-order valence-corrected chi connectivity index (χ1v) is 7.18. The van der Waals surface area contributed by atoms with Crippen molar-refractivity contribution >= 4 is 11.8 Å². The average molecular weight is 313 g/mol. The van der Waals surface area contributed by atoms with Gasteiger partial charge in [-0.3, -0.25) is 14.6 Å². The van der Waals surface area contributed by atoms with Crippen LogP contribution in [0.2, 0.25) is 0 Å². The first-order chi connectivity index (χ1) is 11.0. The zero-order chi connectivity index (χ0) is 16.4. The van der Waals surface area contributed by atoms with E-state index >= 15 is 0 Å². The Labute approximate surface area is 132 Å². The lowest BCUT2D eigenvalue weighted by atomic mass is 9.85. The molecule has 1 unspecified atom stereocenters. The Morgan fingerprint density at radius 3 is 2.65 bits per heavy atom. The highest BCUT2D eigenvalue weighted by atomic mass is 16.5. The summed E-state index contributed by atoms with van der Waals surface area (Å²) in [6, 6.07) is 7.81. The van der Waals surface area contributed by atoms with Gasteiger partial charge in [-0.25, -0.2) is 0 Å². The number of benzene rings is 1. The number of phenols is 1. The molecule has 1 aromatic carbocycles. The molecular weight excluding hydrogens is 298 g/mol. The highest BCUT2D eigenvalue weighted by molar-refractivity contribution is 6.03. The number of carbonyl (C=O) groups excluding carboxylic acids is 1. The number of phenolic OH excluding ortho intramolecular Hbond substituents is 1. The van der Waals surface area contributed by atoms with E-state index in [0.717, 1.165) is 5.56 Å². The van der Waals surface area contributed by atoms with Crippen LogP contribution in [0.3, 0.4) is 0 Å². The Morgan fingerprint density at radius 1 is 1.22 bits per heavy atom. The van der Waals surface area contributed by atoms with Gasteiger partial charge in [0.25, 0.3) is 0 Å². The van der Waals surface area contributed by atoms with E-state index in [0.29, 0.717) is 11.3 Å². The normalized spacial score (nSPS) is 19.0. The molecule has 0 saturated heterocycles. The third-order valence-electron chi connectivity index (χ3n) is 3.93. The fourth-order valence-corrected chi connectivity index (χ4v) is 2.79. The van der Waals surface area contributed by atoms with E-state index in [4.69, 9.17) is 9.84 Å². The molecule has 0 fully saturated rings. The summed E-state index contributed by atoms with van der Waals surface area (Å²) in [5.41, 5.74) is -0.0754. The lowest BCUT2D eigenvalue weighted by Gasteiger charge is -2.27. The van der Waals surface area contributed by atoms with E-state index in [2.05, 4.69) is 4.98 Å². The topological polar surface area (TPSA) is 96.7 Å². The van der Waals surface area contributed by atoms with E-state index in [9.17, 15) is 14.7 Å². The van der Waals surface area contributed by atoms with Crippen molar-refractivity contribution < 1.29 is 24.5 Å². The monoisotopic (exact) mass is 313 g/mol. The van der Waals surface area contributed by atoms with Gasteiger partial charge < -0.3 is 14.9 Å². The minimum atomic E-state index is -1.27. The summed E-state index contributed by atoms with van der Waals surface area (Å²) in [5.74, 6) is -0.821. The number of fused-ring (bicyclic) bond motifs is 1. The maximum atomic E-state index is 12.9. The first-order valence-electron chi connectivity index (χ1n) is 7.18. The SMILES string of the molecule is O=C(O)CCC1(C(=O)c2ccncc2)Cc2ccc(O)cc2O1. The molecule has 1 aromatic heterocycles. The summed E-state index contributed by atoms with van der Waals surface area (Å²) in [5, 5.41) is 18.6. The van der Waals surface area contributed by atoms with Gasteiger partial charge >= 0.3 is 5.97 Å². The molecule has 23 heavy (non-hydrogen) atoms. The van der Waals surface area contributed by atoms with Gasteiger partial charge in [0, 0.05) is 43.3 Å². The molecule has 0 radical (unpaired) electrons. The molecule has 1 atom stereocenters. The Balaban J connectivity index is 1.97. The Hall–Kier alpha value is -2.89. The van der Waals surface area contributed by atoms with Crippen molar-refractivity contribution in [2.24, 2.45) is 0 Å². The van der Waals surface area contributed by atoms with Crippen LogP contribution in [0.25, 0.3) is 0 Å². The summed E-state index contributed by atoms with van der Waals surface area (Å²) in [6.45, 7) is 0. The van der Waals surface area contributed by atoms with Crippen molar-refractivity contribution in [3.8, 4) is 11.5 Å². The van der Waals surface area contributed by atoms with Crippen LogP contribution in [0.1, 0.15) is 28.8 Å². The molecule has 6 nitrogen and oxygen atoms in total. The van der Waals surface area contributed by atoms with Crippen LogP contribution >= 0.6 is 0 Å². The molecule has 1 aliphatic rings. The molecular formula is C17H15NO5. The number of aromatic nitrogens is 1. The van der Waals surface area contributed by atoms with Gasteiger partial charge in [-0.05, 0) is 23.8 Å². The number of aromatic hydroxyl groups is 1. The van der Waals surface area contributed by atoms with Crippen LogP contribution in [-0.4, -0.2) is 32.6 Å². The maximum Gasteiger partial charge on any atom is 0.303 e.